The van der Waals surface area contributed by atoms with E-state index in [-0.39, 0.29) is 12.8 Å². The normalized spacial score (nSPS) is 13.6. The highest BCUT2D eigenvalue weighted by molar-refractivity contribution is 8.00. The van der Waals surface area contributed by atoms with Gasteiger partial charge >= 0.3 is 17.6 Å². The third-order valence-corrected chi connectivity index (χ3v) is 7.16. The molecule has 1 atom stereocenters. The van der Waals surface area contributed by atoms with E-state index in [9.17, 15) is 19.2 Å². The van der Waals surface area contributed by atoms with Crippen LogP contribution < -0.4 is 21.3 Å². The number of benzene rings is 1. The summed E-state index contributed by atoms with van der Waals surface area (Å²) in [6.07, 6.45) is 0.683. The smallest absolute Gasteiger partial charge is 0.347 e. The van der Waals surface area contributed by atoms with Gasteiger partial charge in [0.15, 0.2) is 17.7 Å². The van der Waals surface area contributed by atoms with E-state index in [0.29, 0.717) is 35.1 Å². The number of fused-ring (bicyclic) bond motifs is 2. The number of hydrogen-bond acceptors (Lipinski definition) is 10. The number of aromatic nitrogens is 2. The molecule has 1 aromatic heterocycles. The van der Waals surface area contributed by atoms with Crippen LogP contribution in [0.5, 0.6) is 0 Å². The maximum Gasteiger partial charge on any atom is 0.347 e. The standard InChI is InChI=1S/C28H36N4O6S/c1-16-13-19-20(14-17(16)2)32(24-23(30-19)18(3)29-26(36)31-24)11-12-39-21(25(35)38-27(4,5)6)9-10-22(34)37-28(7,8)15-33/h13-15,21H,3,9-12H2,1-2,4-8H3,(H,29,36). The van der Waals surface area contributed by atoms with Crippen LogP contribution in [0, 0.1) is 13.8 Å². The highest BCUT2D eigenvalue weighted by atomic mass is 32.2. The average Bonchev–Trinajstić information content (AvgIpc) is 2.81. The predicted molar refractivity (Wildman–Crippen MR) is 151 cm³/mol. The van der Waals surface area contributed by atoms with Gasteiger partial charge in [0.1, 0.15) is 16.2 Å². The number of rotatable bonds is 10. The number of ether oxygens (including phenoxy) is 2. The van der Waals surface area contributed by atoms with Gasteiger partial charge < -0.3 is 19.4 Å². The fourth-order valence-electron chi connectivity index (χ4n) is 3.90. The van der Waals surface area contributed by atoms with E-state index in [1.165, 1.54) is 25.6 Å². The van der Waals surface area contributed by atoms with Gasteiger partial charge in [0.25, 0.3) is 0 Å². The minimum absolute atomic E-state index is 0.0529. The summed E-state index contributed by atoms with van der Waals surface area (Å²) >= 11 is 1.34. The fraction of sp³-hybridized carbons (Fsp3) is 0.500. The van der Waals surface area contributed by atoms with Crippen molar-refractivity contribution >= 4 is 53.8 Å². The quantitative estimate of drug-likeness (QED) is 0.347. The molecule has 2 aromatic rings. The molecule has 0 spiro atoms. The van der Waals surface area contributed by atoms with E-state index in [1.807, 2.05) is 30.9 Å². The number of carbonyl (C=O) groups excluding carboxylic acids is 3. The third-order valence-electron chi connectivity index (χ3n) is 5.91. The molecule has 0 fully saturated rings. The number of hydrogen-bond donors (Lipinski definition) is 1. The predicted octanol–water partition coefficient (Wildman–Crippen LogP) is 2.94. The first-order valence-corrected chi connectivity index (χ1v) is 13.7. The monoisotopic (exact) mass is 556 g/mol. The number of carbonyl (C=O) groups is 3. The first kappa shape index (κ1) is 30.1. The van der Waals surface area contributed by atoms with Gasteiger partial charge in [0.2, 0.25) is 0 Å². The van der Waals surface area contributed by atoms with Crippen molar-refractivity contribution in [1.82, 2.24) is 9.97 Å². The second-order valence-corrected chi connectivity index (χ2v) is 12.3. The fourth-order valence-corrected chi connectivity index (χ4v) is 4.94. The molecule has 1 N–H and O–H groups in total. The highest BCUT2D eigenvalue weighted by Gasteiger charge is 2.29. The molecule has 3 rings (SSSR count). The Hall–Kier alpha value is -3.47. The lowest BCUT2D eigenvalue weighted by Crippen LogP contribution is -2.43. The molecular formula is C28H36N4O6S. The molecule has 0 bridgehead atoms. The zero-order valence-electron chi connectivity index (χ0n) is 23.5. The zero-order chi connectivity index (χ0) is 29.1. The molecule has 0 saturated heterocycles. The lowest BCUT2D eigenvalue weighted by atomic mass is 10.1. The Morgan fingerprint density at radius 1 is 1.15 bits per heavy atom. The Balaban J connectivity index is 1.84. The number of thioether (sulfide) groups is 1. The van der Waals surface area contributed by atoms with E-state index >= 15 is 0 Å². The maximum atomic E-state index is 13.0. The van der Waals surface area contributed by atoms with Crippen LogP contribution in [-0.2, 0) is 23.9 Å². The van der Waals surface area contributed by atoms with Gasteiger partial charge in [-0.15, -0.1) is 11.8 Å². The zero-order valence-corrected chi connectivity index (χ0v) is 24.4. The second-order valence-electron chi connectivity index (χ2n) is 11.0. The summed E-state index contributed by atoms with van der Waals surface area (Å²) < 4.78 is 10.8. The van der Waals surface area contributed by atoms with Gasteiger partial charge in [-0.1, -0.05) is 6.58 Å². The van der Waals surface area contributed by atoms with E-state index < -0.39 is 34.1 Å². The van der Waals surface area contributed by atoms with Gasteiger partial charge in [-0.2, -0.15) is 4.98 Å². The SMILES string of the molecule is C=c1[nH]c(=O)nc2c1=Nc1cc(C)c(C)cc1N2CCSC(CCC(=O)OC(C)(C)C=O)C(=O)OC(C)(C)C. The molecule has 1 aliphatic rings. The van der Waals surface area contributed by atoms with Crippen LogP contribution in [0.3, 0.4) is 0 Å². The summed E-state index contributed by atoms with van der Waals surface area (Å²) in [6.45, 7) is 16.7. The number of H-pyrrole nitrogens is 1. The molecule has 0 amide bonds. The third kappa shape index (κ3) is 7.78. The molecule has 39 heavy (non-hydrogen) atoms. The first-order chi connectivity index (χ1) is 18.1. The Kier molecular flexibility index (Phi) is 9.05. The molecule has 11 heteroatoms. The molecule has 0 saturated carbocycles. The number of anilines is 2. The average molecular weight is 557 g/mol. The van der Waals surface area contributed by atoms with Crippen LogP contribution in [0.25, 0.3) is 6.58 Å². The molecule has 1 aromatic carbocycles. The molecule has 10 nitrogen and oxygen atoms in total. The minimum atomic E-state index is -1.24. The van der Waals surface area contributed by atoms with Gasteiger partial charge in [0.05, 0.1) is 16.7 Å². The summed E-state index contributed by atoms with van der Waals surface area (Å²) in [5.74, 6) is -0.163. The van der Waals surface area contributed by atoms with Crippen LogP contribution in [0.15, 0.2) is 21.9 Å². The summed E-state index contributed by atoms with van der Waals surface area (Å²) in [7, 11) is 0. The van der Waals surface area contributed by atoms with Gasteiger partial charge in [0, 0.05) is 18.7 Å². The van der Waals surface area contributed by atoms with Crippen LogP contribution in [0.1, 0.15) is 58.6 Å². The maximum absolute atomic E-state index is 13.0. The van der Waals surface area contributed by atoms with Gasteiger partial charge in [-0.3, -0.25) is 14.4 Å². The molecular weight excluding hydrogens is 520 g/mol. The van der Waals surface area contributed by atoms with Crippen molar-refractivity contribution in [2.24, 2.45) is 4.99 Å². The minimum Gasteiger partial charge on any atom is -0.459 e. The highest BCUT2D eigenvalue weighted by Crippen LogP contribution is 2.37. The van der Waals surface area contributed by atoms with Gasteiger partial charge in [-0.05, 0) is 78.1 Å². The number of nitrogens with one attached hydrogen (secondary N) is 1. The molecule has 1 unspecified atom stereocenters. The Bertz CT molecular complexity index is 1440. The van der Waals surface area contributed by atoms with Gasteiger partial charge in [-0.25, -0.2) is 9.79 Å². The Morgan fingerprint density at radius 2 is 1.82 bits per heavy atom. The van der Waals surface area contributed by atoms with Crippen LogP contribution in [0.2, 0.25) is 0 Å². The summed E-state index contributed by atoms with van der Waals surface area (Å²) in [5, 5.41) is 0.203. The number of aromatic amines is 1. The Labute approximate surface area is 231 Å². The second kappa shape index (κ2) is 11.7. The number of esters is 2. The molecule has 210 valence electrons. The van der Waals surface area contributed by atoms with Crippen molar-refractivity contribution in [3.05, 3.63) is 44.5 Å². The first-order valence-electron chi connectivity index (χ1n) is 12.7. The van der Waals surface area contributed by atoms with Crippen molar-refractivity contribution in [3.8, 4) is 0 Å². The summed E-state index contributed by atoms with van der Waals surface area (Å²) in [6, 6.07) is 3.98. The largest absolute Gasteiger partial charge is 0.459 e. The number of nitrogens with zero attached hydrogens (tertiary/aromatic N) is 3. The van der Waals surface area contributed by atoms with E-state index in [0.717, 1.165) is 22.5 Å². The van der Waals surface area contributed by atoms with E-state index in [1.54, 1.807) is 20.8 Å². The van der Waals surface area contributed by atoms with Crippen molar-refractivity contribution in [2.45, 2.75) is 77.8 Å². The summed E-state index contributed by atoms with van der Waals surface area (Å²) in [4.78, 5) is 62.1. The van der Waals surface area contributed by atoms with E-state index in [4.69, 9.17) is 14.5 Å². The van der Waals surface area contributed by atoms with Crippen molar-refractivity contribution < 1.29 is 23.9 Å². The molecule has 1 aliphatic heterocycles. The van der Waals surface area contributed by atoms with Crippen LogP contribution >= 0.6 is 11.8 Å². The lowest BCUT2D eigenvalue weighted by molar-refractivity contribution is -0.160. The molecule has 0 aliphatic carbocycles. The van der Waals surface area contributed by atoms with Crippen molar-refractivity contribution in [1.29, 1.82) is 0 Å². The van der Waals surface area contributed by atoms with Crippen LogP contribution in [-0.4, -0.2) is 56.9 Å². The van der Waals surface area contributed by atoms with Crippen molar-refractivity contribution in [3.63, 3.8) is 0 Å². The van der Waals surface area contributed by atoms with E-state index in [2.05, 4.69) is 16.5 Å². The number of aryl methyl sites for hydroxylation is 2. The lowest BCUT2D eigenvalue weighted by Gasteiger charge is -2.29. The summed E-state index contributed by atoms with van der Waals surface area (Å²) in [5.41, 5.74) is 1.21. The Morgan fingerprint density at radius 3 is 2.46 bits per heavy atom. The number of aldehydes is 1. The molecule has 2 heterocycles. The topological polar surface area (TPSA) is 131 Å². The van der Waals surface area contributed by atoms with Crippen LogP contribution in [0.4, 0.5) is 17.2 Å². The molecule has 0 radical (unpaired) electrons. The van der Waals surface area contributed by atoms with Crippen molar-refractivity contribution in [2.75, 3.05) is 17.2 Å².